The number of nitrogens with one attached hydrogen (secondary N) is 1. The van der Waals surface area contributed by atoms with E-state index in [-0.39, 0.29) is 17.3 Å². The Morgan fingerprint density at radius 3 is 2.93 bits per heavy atom. The molecular weight excluding hydrogens is 388 g/mol. The number of thiophene rings is 1. The summed E-state index contributed by atoms with van der Waals surface area (Å²) in [5.74, 6) is -0.0532. The largest absolute Gasteiger partial charge is 0.370 e. The second kappa shape index (κ2) is 7.97. The fraction of sp³-hybridized carbons (Fsp3) is 0.600. The van der Waals surface area contributed by atoms with E-state index in [1.165, 1.54) is 10.4 Å². The molecule has 0 atom stereocenters. The van der Waals surface area contributed by atoms with E-state index in [1.54, 1.807) is 22.2 Å². The number of hydrogen-bond donors (Lipinski definition) is 1. The van der Waals surface area contributed by atoms with Crippen LogP contribution in [-0.4, -0.2) is 62.2 Å². The molecule has 9 heteroatoms. The van der Waals surface area contributed by atoms with E-state index in [2.05, 4.69) is 53.0 Å². The molecule has 1 N–H and O–H groups in total. The maximum atomic E-state index is 12.6. The highest BCUT2D eigenvalue weighted by Gasteiger charge is 2.31. The van der Waals surface area contributed by atoms with Crippen molar-refractivity contribution in [1.29, 1.82) is 0 Å². The number of ether oxygens (including phenoxy) is 1. The minimum absolute atomic E-state index is 0.188. The normalized spacial score (nSPS) is 15.9. The van der Waals surface area contributed by atoms with Crippen LogP contribution in [0.25, 0.3) is 15.9 Å². The predicted octanol–water partition coefficient (Wildman–Crippen LogP) is 2.65. The van der Waals surface area contributed by atoms with E-state index in [9.17, 15) is 4.79 Å². The van der Waals surface area contributed by atoms with Gasteiger partial charge in [0, 0.05) is 17.8 Å². The minimum atomic E-state index is -0.242. The molecule has 0 radical (unpaired) electrons. The smallest absolute Gasteiger partial charge is 0.290 e. The van der Waals surface area contributed by atoms with Crippen molar-refractivity contribution in [2.24, 2.45) is 0 Å². The summed E-state index contributed by atoms with van der Waals surface area (Å²) in [5.41, 5.74) is 1.69. The van der Waals surface area contributed by atoms with Crippen molar-refractivity contribution in [3.8, 4) is 0 Å². The second-order valence-electron chi connectivity index (χ2n) is 7.99. The molecular formula is C20H28N6O2S. The first kappa shape index (κ1) is 20.2. The molecule has 3 aromatic rings. The lowest BCUT2D eigenvalue weighted by molar-refractivity contribution is -0.0379. The highest BCUT2D eigenvalue weighted by Crippen LogP contribution is 2.39. The lowest BCUT2D eigenvalue weighted by Gasteiger charge is -2.30. The Bertz CT molecular complexity index is 1040. The maximum Gasteiger partial charge on any atom is 0.290 e. The lowest BCUT2D eigenvalue weighted by atomic mass is 9.94. The van der Waals surface area contributed by atoms with Gasteiger partial charge in [0.2, 0.25) is 5.82 Å². The van der Waals surface area contributed by atoms with Crippen LogP contribution in [0.5, 0.6) is 0 Å². The number of amides is 1. The van der Waals surface area contributed by atoms with E-state index in [4.69, 9.17) is 4.74 Å². The third-order valence-corrected chi connectivity index (χ3v) is 6.56. The number of rotatable bonds is 7. The summed E-state index contributed by atoms with van der Waals surface area (Å²) in [6.45, 7) is 12.7. The number of carbonyl (C=O) groups is 1. The Hall–Kier alpha value is -2.10. The molecule has 0 bridgehead atoms. The van der Waals surface area contributed by atoms with Gasteiger partial charge in [-0.1, -0.05) is 13.8 Å². The molecule has 4 rings (SSSR count). The summed E-state index contributed by atoms with van der Waals surface area (Å²) < 4.78 is 7.55. The van der Waals surface area contributed by atoms with Gasteiger partial charge in [0.25, 0.3) is 5.91 Å². The molecule has 156 valence electrons. The lowest BCUT2D eigenvalue weighted by Crippen LogP contribution is -2.31. The molecule has 1 aliphatic rings. The first-order chi connectivity index (χ1) is 13.9. The SMILES string of the molecule is CCN(CC)CCCNC(=O)c1nc2c3c4c(sc3ncn2n1)COC(C)(C)C4. The van der Waals surface area contributed by atoms with E-state index in [0.717, 1.165) is 42.7 Å². The molecule has 0 fully saturated rings. The van der Waals surface area contributed by atoms with Crippen LogP contribution < -0.4 is 5.32 Å². The maximum absolute atomic E-state index is 12.6. The van der Waals surface area contributed by atoms with Crippen molar-refractivity contribution in [3.05, 3.63) is 22.6 Å². The zero-order valence-corrected chi connectivity index (χ0v) is 18.3. The molecule has 8 nitrogen and oxygen atoms in total. The highest BCUT2D eigenvalue weighted by atomic mass is 32.1. The second-order valence-corrected chi connectivity index (χ2v) is 9.08. The molecule has 0 saturated heterocycles. The van der Waals surface area contributed by atoms with Gasteiger partial charge in [-0.2, -0.15) is 0 Å². The fourth-order valence-corrected chi connectivity index (χ4v) is 4.83. The van der Waals surface area contributed by atoms with Crippen LogP contribution in [0.3, 0.4) is 0 Å². The van der Waals surface area contributed by atoms with Gasteiger partial charge >= 0.3 is 0 Å². The van der Waals surface area contributed by atoms with Crippen LogP contribution in [0.1, 0.15) is 55.2 Å². The predicted molar refractivity (Wildman–Crippen MR) is 113 cm³/mol. The van der Waals surface area contributed by atoms with E-state index in [1.807, 2.05) is 0 Å². The Balaban J connectivity index is 1.55. The summed E-state index contributed by atoms with van der Waals surface area (Å²) in [7, 11) is 0. The topological polar surface area (TPSA) is 84.7 Å². The summed E-state index contributed by atoms with van der Waals surface area (Å²) in [6, 6.07) is 0. The van der Waals surface area contributed by atoms with Gasteiger partial charge < -0.3 is 15.0 Å². The van der Waals surface area contributed by atoms with Crippen molar-refractivity contribution >= 4 is 33.1 Å². The van der Waals surface area contributed by atoms with Crippen molar-refractivity contribution in [2.75, 3.05) is 26.2 Å². The van der Waals surface area contributed by atoms with Crippen molar-refractivity contribution < 1.29 is 9.53 Å². The van der Waals surface area contributed by atoms with Gasteiger partial charge in [-0.25, -0.2) is 14.5 Å². The quantitative estimate of drug-likeness (QED) is 0.596. The zero-order valence-electron chi connectivity index (χ0n) is 17.5. The van der Waals surface area contributed by atoms with Crippen LogP contribution in [0.15, 0.2) is 6.33 Å². The number of carbonyl (C=O) groups excluding carboxylic acids is 1. The molecule has 0 aliphatic carbocycles. The molecule has 1 amide bonds. The minimum Gasteiger partial charge on any atom is -0.370 e. The van der Waals surface area contributed by atoms with Gasteiger partial charge in [-0.05, 0) is 45.5 Å². The van der Waals surface area contributed by atoms with Crippen LogP contribution in [0.4, 0.5) is 0 Å². The Kier molecular flexibility index (Phi) is 5.54. The standard InChI is InChI=1S/C20H28N6O2S/c1-5-25(6-2)9-7-8-21-18(27)16-23-17-15-13-10-20(3,4)28-11-14(13)29-19(15)22-12-26(17)24-16/h12H,5-11H2,1-4H3,(H,21,27). The molecule has 0 spiro atoms. The molecule has 0 aromatic carbocycles. The van der Waals surface area contributed by atoms with Crippen LogP contribution in [0, 0.1) is 0 Å². The van der Waals surface area contributed by atoms with Crippen LogP contribution in [0.2, 0.25) is 0 Å². The molecule has 0 unspecified atom stereocenters. The van der Waals surface area contributed by atoms with Gasteiger partial charge in [-0.3, -0.25) is 4.79 Å². The molecule has 4 heterocycles. The van der Waals surface area contributed by atoms with Crippen molar-refractivity contribution in [2.45, 2.75) is 52.7 Å². The van der Waals surface area contributed by atoms with E-state index >= 15 is 0 Å². The molecule has 1 aliphatic heterocycles. The highest BCUT2D eigenvalue weighted by molar-refractivity contribution is 7.19. The summed E-state index contributed by atoms with van der Waals surface area (Å²) in [5, 5.41) is 8.30. The Labute approximate surface area is 174 Å². The summed E-state index contributed by atoms with van der Waals surface area (Å²) in [6.07, 6.45) is 3.33. The first-order valence-electron chi connectivity index (χ1n) is 10.2. The van der Waals surface area contributed by atoms with Gasteiger partial charge in [0.05, 0.1) is 17.6 Å². The summed E-state index contributed by atoms with van der Waals surface area (Å²) >= 11 is 1.63. The fourth-order valence-electron chi connectivity index (χ4n) is 3.76. The van der Waals surface area contributed by atoms with E-state index in [0.29, 0.717) is 18.8 Å². The monoisotopic (exact) mass is 416 g/mol. The Morgan fingerprint density at radius 1 is 1.38 bits per heavy atom. The average molecular weight is 417 g/mol. The number of aromatic nitrogens is 4. The summed E-state index contributed by atoms with van der Waals surface area (Å²) in [4.78, 5) is 26.1. The average Bonchev–Trinajstić information content (AvgIpc) is 3.28. The van der Waals surface area contributed by atoms with Gasteiger partial charge in [-0.15, -0.1) is 16.4 Å². The van der Waals surface area contributed by atoms with Gasteiger partial charge in [0.15, 0.2) is 5.65 Å². The van der Waals surface area contributed by atoms with Crippen LogP contribution >= 0.6 is 11.3 Å². The third-order valence-electron chi connectivity index (χ3n) is 5.44. The molecule has 3 aromatic heterocycles. The molecule has 0 saturated carbocycles. The number of nitrogens with zero attached hydrogens (tertiary/aromatic N) is 5. The van der Waals surface area contributed by atoms with Crippen molar-refractivity contribution in [3.63, 3.8) is 0 Å². The first-order valence-corrected chi connectivity index (χ1v) is 11.0. The van der Waals surface area contributed by atoms with Gasteiger partial charge in [0.1, 0.15) is 11.2 Å². The molecule has 29 heavy (non-hydrogen) atoms. The zero-order chi connectivity index (χ0) is 20.6. The van der Waals surface area contributed by atoms with Crippen LogP contribution in [-0.2, 0) is 17.8 Å². The number of fused-ring (bicyclic) bond motifs is 5. The Morgan fingerprint density at radius 2 is 2.17 bits per heavy atom. The number of hydrogen-bond acceptors (Lipinski definition) is 7. The third kappa shape index (κ3) is 3.99. The van der Waals surface area contributed by atoms with Crippen molar-refractivity contribution in [1.82, 2.24) is 29.8 Å². The van der Waals surface area contributed by atoms with E-state index < -0.39 is 0 Å².